The number of hydrogen-bond donors (Lipinski definition) is 1. The lowest BCUT2D eigenvalue weighted by Crippen LogP contribution is -2.43. The summed E-state index contributed by atoms with van der Waals surface area (Å²) in [5.74, 6) is 1.46. The number of benzene rings is 1. The third kappa shape index (κ3) is 8.62. The number of alkyl halides is 3. The Morgan fingerprint density at radius 3 is 2.36 bits per heavy atom. The Labute approximate surface area is 147 Å². The first-order chi connectivity index (χ1) is 11.7. The van der Waals surface area contributed by atoms with Crippen LogP contribution >= 0.6 is 0 Å². The molecule has 0 bridgehead atoms. The molecule has 0 heterocycles. The van der Waals surface area contributed by atoms with Crippen molar-refractivity contribution in [2.75, 3.05) is 47.4 Å². The molecule has 0 aliphatic rings. The summed E-state index contributed by atoms with van der Waals surface area (Å²) in [5.41, 5.74) is 1.09. The molecule has 1 N–H and O–H groups in total. The molecular weight excluding hydrogens is 333 g/mol. The second kappa shape index (κ2) is 10.1. The maximum absolute atomic E-state index is 12.3. The van der Waals surface area contributed by atoms with Gasteiger partial charge in [-0.05, 0) is 31.7 Å². The van der Waals surface area contributed by atoms with E-state index < -0.39 is 12.7 Å². The Kier molecular flexibility index (Phi) is 8.54. The molecule has 0 unspecified atom stereocenters. The van der Waals surface area contributed by atoms with Gasteiger partial charge in [-0.1, -0.05) is 12.1 Å². The Bertz CT molecular complexity index is 532. The van der Waals surface area contributed by atoms with E-state index in [1.54, 1.807) is 7.05 Å². The molecule has 1 rings (SSSR count). The Morgan fingerprint density at radius 2 is 1.84 bits per heavy atom. The van der Waals surface area contributed by atoms with Gasteiger partial charge in [0.05, 0.1) is 13.2 Å². The third-order valence-electron chi connectivity index (χ3n) is 3.45. The SMILES string of the molecule is CCOc1ccc(CN(C)C(=NC)NCCN(C)CC(F)(F)F)cc1. The van der Waals surface area contributed by atoms with Gasteiger partial charge in [0.1, 0.15) is 5.75 Å². The fourth-order valence-corrected chi connectivity index (χ4v) is 2.33. The van der Waals surface area contributed by atoms with Crippen LogP contribution in [0.3, 0.4) is 0 Å². The highest BCUT2D eigenvalue weighted by atomic mass is 19.4. The van der Waals surface area contributed by atoms with Crippen LogP contribution in [-0.2, 0) is 6.54 Å². The molecule has 142 valence electrons. The molecular formula is C17H27F3N4O. The van der Waals surface area contributed by atoms with E-state index in [1.165, 1.54) is 11.9 Å². The molecule has 8 heteroatoms. The van der Waals surface area contributed by atoms with Crippen LogP contribution in [0.1, 0.15) is 12.5 Å². The van der Waals surface area contributed by atoms with Crippen molar-refractivity contribution in [3.05, 3.63) is 29.8 Å². The number of likely N-dealkylation sites (N-methyl/N-ethyl adjacent to an activating group) is 1. The summed E-state index contributed by atoms with van der Waals surface area (Å²) in [5, 5.41) is 3.08. The molecule has 0 spiro atoms. The fraction of sp³-hybridized carbons (Fsp3) is 0.588. The van der Waals surface area contributed by atoms with Gasteiger partial charge in [-0.25, -0.2) is 0 Å². The molecule has 0 radical (unpaired) electrons. The van der Waals surface area contributed by atoms with Crippen LogP contribution in [0.2, 0.25) is 0 Å². The van der Waals surface area contributed by atoms with Crippen molar-refractivity contribution in [2.45, 2.75) is 19.6 Å². The summed E-state index contributed by atoms with van der Waals surface area (Å²) >= 11 is 0. The molecule has 0 aromatic heterocycles. The van der Waals surface area contributed by atoms with E-state index in [9.17, 15) is 13.2 Å². The fourth-order valence-electron chi connectivity index (χ4n) is 2.33. The smallest absolute Gasteiger partial charge is 0.401 e. The van der Waals surface area contributed by atoms with Crippen molar-refractivity contribution in [1.29, 1.82) is 0 Å². The molecule has 0 fully saturated rings. The lowest BCUT2D eigenvalue weighted by molar-refractivity contribution is -0.142. The molecule has 0 amide bonds. The van der Waals surface area contributed by atoms with Crippen molar-refractivity contribution < 1.29 is 17.9 Å². The van der Waals surface area contributed by atoms with Crippen molar-refractivity contribution in [1.82, 2.24) is 15.1 Å². The van der Waals surface area contributed by atoms with Crippen molar-refractivity contribution in [3.63, 3.8) is 0 Å². The zero-order chi connectivity index (χ0) is 18.9. The van der Waals surface area contributed by atoms with Crippen molar-refractivity contribution >= 4 is 5.96 Å². The van der Waals surface area contributed by atoms with Crippen LogP contribution in [0.4, 0.5) is 13.2 Å². The summed E-state index contributed by atoms with van der Waals surface area (Å²) in [6.45, 7) is 2.92. The highest BCUT2D eigenvalue weighted by molar-refractivity contribution is 5.79. The van der Waals surface area contributed by atoms with Gasteiger partial charge in [0.25, 0.3) is 0 Å². The normalized spacial score (nSPS) is 12.4. The Morgan fingerprint density at radius 1 is 1.20 bits per heavy atom. The summed E-state index contributed by atoms with van der Waals surface area (Å²) in [6.07, 6.45) is -4.18. The first-order valence-electron chi connectivity index (χ1n) is 8.14. The maximum atomic E-state index is 12.3. The van der Waals surface area contributed by atoms with Crippen LogP contribution in [0.25, 0.3) is 0 Å². The van der Waals surface area contributed by atoms with E-state index in [2.05, 4.69) is 10.3 Å². The van der Waals surface area contributed by atoms with E-state index in [0.717, 1.165) is 11.3 Å². The monoisotopic (exact) mass is 360 g/mol. The van der Waals surface area contributed by atoms with Crippen LogP contribution in [-0.4, -0.2) is 69.3 Å². The first kappa shape index (κ1) is 21.1. The Hall–Kier alpha value is -1.96. The number of nitrogens with zero attached hydrogens (tertiary/aromatic N) is 3. The number of halogens is 3. The third-order valence-corrected chi connectivity index (χ3v) is 3.45. The molecule has 0 saturated heterocycles. The van der Waals surface area contributed by atoms with Gasteiger partial charge >= 0.3 is 6.18 Å². The predicted molar refractivity (Wildman–Crippen MR) is 94.0 cm³/mol. The van der Waals surface area contributed by atoms with Crippen LogP contribution in [0.5, 0.6) is 5.75 Å². The quantitative estimate of drug-likeness (QED) is 0.571. The summed E-state index contributed by atoms with van der Waals surface area (Å²) < 4.78 is 42.3. The number of ether oxygens (including phenoxy) is 1. The largest absolute Gasteiger partial charge is 0.494 e. The standard InChI is InChI=1S/C17H27F3N4O/c1-5-25-15-8-6-14(7-9-15)12-24(4)16(21-2)22-10-11-23(3)13-17(18,19)20/h6-9H,5,10-13H2,1-4H3,(H,21,22). The number of aliphatic imine (C=N–C) groups is 1. The van der Waals surface area contributed by atoms with Gasteiger partial charge < -0.3 is 15.0 Å². The predicted octanol–water partition coefficient (Wildman–Crippen LogP) is 2.59. The second-order valence-electron chi connectivity index (χ2n) is 5.76. The zero-order valence-corrected chi connectivity index (χ0v) is 15.2. The number of hydrogen-bond acceptors (Lipinski definition) is 3. The van der Waals surface area contributed by atoms with Gasteiger partial charge in [0, 0.05) is 33.7 Å². The van der Waals surface area contributed by atoms with Gasteiger partial charge in [-0.3, -0.25) is 9.89 Å². The van der Waals surface area contributed by atoms with E-state index in [-0.39, 0.29) is 6.54 Å². The highest BCUT2D eigenvalue weighted by Gasteiger charge is 2.28. The molecule has 1 aromatic carbocycles. The number of guanidine groups is 1. The second-order valence-corrected chi connectivity index (χ2v) is 5.76. The van der Waals surface area contributed by atoms with Crippen LogP contribution in [0.15, 0.2) is 29.3 Å². The molecule has 25 heavy (non-hydrogen) atoms. The minimum atomic E-state index is -4.18. The molecule has 0 saturated carbocycles. The van der Waals surface area contributed by atoms with Crippen molar-refractivity contribution in [3.8, 4) is 5.75 Å². The average molecular weight is 360 g/mol. The van der Waals surface area contributed by atoms with Gasteiger partial charge in [0.2, 0.25) is 0 Å². The molecule has 5 nitrogen and oxygen atoms in total. The lowest BCUT2D eigenvalue weighted by atomic mass is 10.2. The molecule has 0 aliphatic carbocycles. The average Bonchev–Trinajstić information content (AvgIpc) is 2.52. The van der Waals surface area contributed by atoms with E-state index in [0.29, 0.717) is 25.7 Å². The van der Waals surface area contributed by atoms with E-state index in [4.69, 9.17) is 4.74 Å². The summed E-state index contributed by atoms with van der Waals surface area (Å²) in [6, 6.07) is 7.78. The van der Waals surface area contributed by atoms with Gasteiger partial charge in [0.15, 0.2) is 5.96 Å². The van der Waals surface area contributed by atoms with E-state index >= 15 is 0 Å². The molecule has 0 atom stereocenters. The minimum absolute atomic E-state index is 0.273. The molecule has 1 aromatic rings. The Balaban J connectivity index is 2.45. The van der Waals surface area contributed by atoms with Crippen molar-refractivity contribution in [2.24, 2.45) is 4.99 Å². The summed E-state index contributed by atoms with van der Waals surface area (Å²) in [7, 11) is 4.98. The van der Waals surface area contributed by atoms with Crippen LogP contribution in [0, 0.1) is 0 Å². The first-order valence-corrected chi connectivity index (χ1v) is 8.14. The molecule has 0 aliphatic heterocycles. The highest BCUT2D eigenvalue weighted by Crippen LogP contribution is 2.15. The lowest BCUT2D eigenvalue weighted by Gasteiger charge is -2.24. The number of rotatable bonds is 8. The maximum Gasteiger partial charge on any atom is 0.401 e. The van der Waals surface area contributed by atoms with Crippen LogP contribution < -0.4 is 10.1 Å². The minimum Gasteiger partial charge on any atom is -0.494 e. The number of nitrogens with one attached hydrogen (secondary N) is 1. The zero-order valence-electron chi connectivity index (χ0n) is 15.2. The van der Waals surface area contributed by atoms with Gasteiger partial charge in [-0.15, -0.1) is 0 Å². The topological polar surface area (TPSA) is 40.1 Å². The summed E-state index contributed by atoms with van der Waals surface area (Å²) in [4.78, 5) is 7.31. The van der Waals surface area contributed by atoms with E-state index in [1.807, 2.05) is 43.1 Å². The van der Waals surface area contributed by atoms with Gasteiger partial charge in [-0.2, -0.15) is 13.2 Å².